The Morgan fingerprint density at radius 3 is 2.52 bits per heavy atom. The highest BCUT2D eigenvalue weighted by atomic mass is 16.3. The lowest BCUT2D eigenvalue weighted by atomic mass is 9.70. The van der Waals surface area contributed by atoms with Crippen molar-refractivity contribution >= 4 is 5.57 Å². The van der Waals surface area contributed by atoms with Crippen LogP contribution in [0.2, 0.25) is 0 Å². The predicted molar refractivity (Wildman–Crippen MR) is 98.7 cm³/mol. The molecule has 0 saturated heterocycles. The summed E-state index contributed by atoms with van der Waals surface area (Å²) < 4.78 is 0. The Balaban J connectivity index is 2.03. The molecule has 1 heteroatoms. The molecule has 3 atom stereocenters. The summed E-state index contributed by atoms with van der Waals surface area (Å²) >= 11 is 0. The summed E-state index contributed by atoms with van der Waals surface area (Å²) in [6, 6.07) is 7.17. The summed E-state index contributed by atoms with van der Waals surface area (Å²) in [4.78, 5) is 0. The third-order valence-corrected chi connectivity index (χ3v) is 5.89. The van der Waals surface area contributed by atoms with Crippen LogP contribution in [0.4, 0.5) is 0 Å². The van der Waals surface area contributed by atoms with Gasteiger partial charge in [0.1, 0.15) is 0 Å². The van der Waals surface area contributed by atoms with Crippen molar-refractivity contribution in [3.63, 3.8) is 0 Å². The molecular weight excluding hydrogens is 280 g/mol. The van der Waals surface area contributed by atoms with Gasteiger partial charge in [-0.05, 0) is 64.7 Å². The molecule has 1 nitrogen and oxygen atoms in total. The van der Waals surface area contributed by atoms with E-state index in [-0.39, 0.29) is 11.5 Å². The molecule has 126 valence electrons. The molecule has 2 aliphatic rings. The first-order valence-electron chi connectivity index (χ1n) is 9.38. The van der Waals surface area contributed by atoms with Crippen molar-refractivity contribution < 1.29 is 5.11 Å². The second kappa shape index (κ2) is 6.09. The van der Waals surface area contributed by atoms with Gasteiger partial charge in [0.15, 0.2) is 0 Å². The maximum absolute atomic E-state index is 9.94. The lowest BCUT2D eigenvalue weighted by molar-refractivity contribution is 0.248. The van der Waals surface area contributed by atoms with E-state index in [4.69, 9.17) is 0 Å². The lowest BCUT2D eigenvalue weighted by Crippen LogP contribution is -2.23. The summed E-state index contributed by atoms with van der Waals surface area (Å²) in [6.45, 7) is 11.6. The van der Waals surface area contributed by atoms with E-state index in [1.807, 2.05) is 0 Å². The second-order valence-electron chi connectivity index (χ2n) is 8.57. The zero-order chi connectivity index (χ0) is 16.8. The molecular formula is C22H32O. The van der Waals surface area contributed by atoms with Crippen LogP contribution in [0, 0.1) is 11.8 Å². The minimum Gasteiger partial charge on any atom is -0.393 e. The Kier molecular flexibility index (Phi) is 4.44. The van der Waals surface area contributed by atoms with Gasteiger partial charge in [-0.25, -0.2) is 0 Å². The molecule has 0 bridgehead atoms. The minimum atomic E-state index is -0.0702. The largest absolute Gasteiger partial charge is 0.393 e. The smallest absolute Gasteiger partial charge is 0.0579 e. The maximum Gasteiger partial charge on any atom is 0.0579 e. The number of allylic oxidation sites excluding steroid dienone is 2. The Morgan fingerprint density at radius 2 is 1.96 bits per heavy atom. The molecule has 0 heterocycles. The Morgan fingerprint density at radius 1 is 1.26 bits per heavy atom. The molecule has 1 aromatic carbocycles. The molecule has 23 heavy (non-hydrogen) atoms. The van der Waals surface area contributed by atoms with Gasteiger partial charge in [-0.2, -0.15) is 0 Å². The number of aliphatic hydroxyl groups is 1. The second-order valence-corrected chi connectivity index (χ2v) is 8.57. The number of fused-ring (bicyclic) bond motifs is 1. The predicted octanol–water partition coefficient (Wildman–Crippen LogP) is 5.67. The number of hydrogen-bond acceptors (Lipinski definition) is 1. The van der Waals surface area contributed by atoms with Crippen molar-refractivity contribution in [1.29, 1.82) is 0 Å². The first kappa shape index (κ1) is 16.8. The molecule has 1 fully saturated rings. The van der Waals surface area contributed by atoms with E-state index in [9.17, 15) is 5.11 Å². The van der Waals surface area contributed by atoms with E-state index in [0.29, 0.717) is 17.8 Å². The van der Waals surface area contributed by atoms with Crippen molar-refractivity contribution in [3.05, 3.63) is 41.0 Å². The molecule has 0 aromatic heterocycles. The third kappa shape index (κ3) is 3.13. The van der Waals surface area contributed by atoms with Crippen LogP contribution in [0.5, 0.6) is 0 Å². The Hall–Kier alpha value is -1.08. The topological polar surface area (TPSA) is 20.2 Å². The molecule has 1 N–H and O–H groups in total. The molecule has 3 rings (SSSR count). The fourth-order valence-corrected chi connectivity index (χ4v) is 4.32. The van der Waals surface area contributed by atoms with Crippen molar-refractivity contribution in [1.82, 2.24) is 0 Å². The minimum absolute atomic E-state index is 0.0702. The van der Waals surface area contributed by atoms with Gasteiger partial charge < -0.3 is 5.11 Å². The number of benzene rings is 1. The normalized spacial score (nSPS) is 26.7. The van der Waals surface area contributed by atoms with Crippen LogP contribution in [0.3, 0.4) is 0 Å². The highest BCUT2D eigenvalue weighted by molar-refractivity contribution is 5.73. The van der Waals surface area contributed by atoms with Crippen LogP contribution in [0.15, 0.2) is 24.3 Å². The van der Waals surface area contributed by atoms with E-state index in [1.54, 1.807) is 0 Å². The summed E-state index contributed by atoms with van der Waals surface area (Å²) in [7, 11) is 0. The van der Waals surface area contributed by atoms with Crippen molar-refractivity contribution in [2.45, 2.75) is 77.7 Å². The van der Waals surface area contributed by atoms with Crippen LogP contribution < -0.4 is 0 Å². The van der Waals surface area contributed by atoms with E-state index in [0.717, 1.165) is 12.8 Å². The number of aliphatic hydroxyl groups excluding tert-OH is 1. The Labute approximate surface area is 141 Å². The van der Waals surface area contributed by atoms with Crippen LogP contribution in [-0.4, -0.2) is 11.2 Å². The van der Waals surface area contributed by atoms with Gasteiger partial charge in [-0.1, -0.05) is 65.3 Å². The van der Waals surface area contributed by atoms with Gasteiger partial charge in [0.05, 0.1) is 6.10 Å². The molecule has 1 aromatic rings. The zero-order valence-corrected chi connectivity index (χ0v) is 15.4. The number of rotatable bonds is 5. The average molecular weight is 312 g/mol. The summed E-state index contributed by atoms with van der Waals surface area (Å²) in [5, 5.41) is 9.94. The highest BCUT2D eigenvalue weighted by Gasteiger charge is 2.42. The standard InChI is InChI=1S/C22H32O/c1-6-7-17(19-13-21(19)23)15-8-9-20-18(12-15)16(14(2)3)10-11-22(20,4)5/h8-10,12,14,17,19,21,23H,6-7,11,13H2,1-5H3/t17-,19-,21?/m1/s1. The van der Waals surface area contributed by atoms with Gasteiger partial charge in [0.2, 0.25) is 0 Å². The fourth-order valence-electron chi connectivity index (χ4n) is 4.32. The van der Waals surface area contributed by atoms with E-state index >= 15 is 0 Å². The third-order valence-electron chi connectivity index (χ3n) is 5.89. The molecule has 0 amide bonds. The van der Waals surface area contributed by atoms with Gasteiger partial charge in [-0.15, -0.1) is 0 Å². The van der Waals surface area contributed by atoms with Crippen molar-refractivity contribution in [2.24, 2.45) is 11.8 Å². The quantitative estimate of drug-likeness (QED) is 0.742. The lowest BCUT2D eigenvalue weighted by Gasteiger charge is -2.34. The Bertz CT molecular complexity index is 608. The van der Waals surface area contributed by atoms with Crippen LogP contribution in [0.25, 0.3) is 5.57 Å². The van der Waals surface area contributed by atoms with E-state index in [1.165, 1.54) is 35.1 Å². The fraction of sp³-hybridized carbons (Fsp3) is 0.636. The monoisotopic (exact) mass is 312 g/mol. The maximum atomic E-state index is 9.94. The summed E-state index contributed by atoms with van der Waals surface area (Å²) in [5.74, 6) is 1.58. The van der Waals surface area contributed by atoms with Crippen LogP contribution in [-0.2, 0) is 5.41 Å². The molecule has 1 unspecified atom stereocenters. The summed E-state index contributed by atoms with van der Waals surface area (Å²) in [6.07, 6.45) is 6.87. The van der Waals surface area contributed by atoms with Crippen LogP contribution in [0.1, 0.15) is 82.9 Å². The first-order chi connectivity index (χ1) is 10.8. The molecule has 2 aliphatic carbocycles. The number of hydrogen-bond donors (Lipinski definition) is 1. The highest BCUT2D eigenvalue weighted by Crippen LogP contribution is 2.48. The van der Waals surface area contributed by atoms with Crippen LogP contribution >= 0.6 is 0 Å². The van der Waals surface area contributed by atoms with Crippen molar-refractivity contribution in [3.8, 4) is 0 Å². The SMILES string of the molecule is CCC[C@H](c1ccc2c(c1)C(C(C)C)=CCC2(C)C)[C@H]1CC1O. The molecule has 1 saturated carbocycles. The van der Waals surface area contributed by atoms with E-state index in [2.05, 4.69) is 58.9 Å². The van der Waals surface area contributed by atoms with Crippen molar-refractivity contribution in [2.75, 3.05) is 0 Å². The molecule has 0 radical (unpaired) electrons. The average Bonchev–Trinajstić information content (AvgIpc) is 3.20. The summed E-state index contributed by atoms with van der Waals surface area (Å²) in [5.41, 5.74) is 6.14. The van der Waals surface area contributed by atoms with E-state index < -0.39 is 0 Å². The zero-order valence-electron chi connectivity index (χ0n) is 15.4. The molecule has 0 aliphatic heterocycles. The van der Waals surface area contributed by atoms with Gasteiger partial charge in [-0.3, -0.25) is 0 Å². The van der Waals surface area contributed by atoms with Gasteiger partial charge in [0, 0.05) is 0 Å². The van der Waals surface area contributed by atoms with Gasteiger partial charge in [0.25, 0.3) is 0 Å². The van der Waals surface area contributed by atoms with Gasteiger partial charge >= 0.3 is 0 Å². The molecule has 0 spiro atoms. The first-order valence-corrected chi connectivity index (χ1v) is 9.38.